The van der Waals surface area contributed by atoms with Crippen molar-refractivity contribution in [2.75, 3.05) is 13.2 Å². The molecular weight excluding hydrogens is 136 g/mol. The molecule has 56 valence electrons. The highest BCUT2D eigenvalue weighted by Gasteiger charge is 2.56. The number of rotatable bonds is 0. The molecule has 3 aliphatic rings. The molecule has 1 saturated heterocycles. The monoisotopic (exact) mass is 146 g/mol. The van der Waals surface area contributed by atoms with Gasteiger partial charge in [0.1, 0.15) is 0 Å². The van der Waals surface area contributed by atoms with Crippen LogP contribution in [0.1, 0.15) is 0 Å². The van der Waals surface area contributed by atoms with Gasteiger partial charge in [0.15, 0.2) is 0 Å². The first kappa shape index (κ1) is 5.78. The van der Waals surface area contributed by atoms with E-state index in [1.165, 1.54) is 0 Å². The van der Waals surface area contributed by atoms with Crippen molar-refractivity contribution in [2.24, 2.45) is 10.8 Å². The Hall–Kier alpha value is -0.820. The van der Waals surface area contributed by atoms with Crippen molar-refractivity contribution in [3.05, 3.63) is 36.5 Å². The second kappa shape index (κ2) is 1.51. The smallest absolute Gasteiger partial charge is 0.0604 e. The molecule has 0 amide bonds. The quantitative estimate of drug-likeness (QED) is 0.472. The number of allylic oxidation sites excluding steroid dienone is 2. The predicted octanol–water partition coefficient (Wildman–Crippen LogP) is 1.69. The van der Waals surface area contributed by atoms with Crippen LogP contribution in [0.4, 0.5) is 0 Å². The summed E-state index contributed by atoms with van der Waals surface area (Å²) in [6, 6.07) is 0. The molecule has 1 heteroatoms. The zero-order chi connectivity index (χ0) is 7.36. The van der Waals surface area contributed by atoms with E-state index in [4.69, 9.17) is 4.74 Å². The van der Waals surface area contributed by atoms with Crippen molar-refractivity contribution in [3.63, 3.8) is 0 Å². The molecule has 3 rings (SSSR count). The number of hydrogen-bond acceptors (Lipinski definition) is 1. The Morgan fingerprint density at radius 3 is 1.82 bits per heavy atom. The van der Waals surface area contributed by atoms with Gasteiger partial charge < -0.3 is 4.74 Å². The van der Waals surface area contributed by atoms with E-state index in [0.29, 0.717) is 0 Å². The molecule has 2 atom stereocenters. The van der Waals surface area contributed by atoms with E-state index in [0.717, 1.165) is 13.2 Å². The summed E-state index contributed by atoms with van der Waals surface area (Å²) in [6.07, 6.45) is 13.3. The summed E-state index contributed by atoms with van der Waals surface area (Å²) in [5.41, 5.74) is 0.476. The third kappa shape index (κ3) is 0.457. The Bertz CT molecular complexity index is 259. The van der Waals surface area contributed by atoms with Crippen LogP contribution in [0, 0.1) is 10.8 Å². The molecule has 2 aliphatic carbocycles. The Kier molecular flexibility index (Phi) is 0.793. The van der Waals surface area contributed by atoms with E-state index in [1.54, 1.807) is 0 Å². The minimum Gasteiger partial charge on any atom is -0.379 e. The van der Waals surface area contributed by atoms with Gasteiger partial charge in [-0.05, 0) is 0 Å². The second-order valence-electron chi connectivity index (χ2n) is 3.63. The summed E-state index contributed by atoms with van der Waals surface area (Å²) in [6.45, 7) is 1.73. The Morgan fingerprint density at radius 2 is 1.36 bits per heavy atom. The lowest BCUT2D eigenvalue weighted by Gasteiger charge is -2.45. The summed E-state index contributed by atoms with van der Waals surface area (Å²) in [7, 11) is 0. The number of hydrogen-bond donors (Lipinski definition) is 0. The van der Waals surface area contributed by atoms with Gasteiger partial charge in [-0.15, -0.1) is 0 Å². The van der Waals surface area contributed by atoms with E-state index in [9.17, 15) is 0 Å². The van der Waals surface area contributed by atoms with Crippen LogP contribution in [0.5, 0.6) is 0 Å². The molecule has 0 aromatic heterocycles. The van der Waals surface area contributed by atoms with Gasteiger partial charge in [0.05, 0.1) is 13.2 Å². The highest BCUT2D eigenvalue weighted by atomic mass is 16.5. The molecule has 0 saturated carbocycles. The minimum atomic E-state index is 0.238. The van der Waals surface area contributed by atoms with Crippen LogP contribution in [-0.2, 0) is 4.74 Å². The van der Waals surface area contributed by atoms with E-state index in [-0.39, 0.29) is 10.8 Å². The molecule has 1 nitrogen and oxygen atoms in total. The minimum absolute atomic E-state index is 0.238. The average molecular weight is 146 g/mol. The van der Waals surface area contributed by atoms with Crippen molar-refractivity contribution in [2.45, 2.75) is 0 Å². The zero-order valence-electron chi connectivity index (χ0n) is 6.29. The van der Waals surface area contributed by atoms with E-state index in [1.807, 2.05) is 0 Å². The van der Waals surface area contributed by atoms with Crippen molar-refractivity contribution >= 4 is 0 Å². The maximum Gasteiger partial charge on any atom is 0.0604 e. The highest BCUT2D eigenvalue weighted by Crippen LogP contribution is 2.57. The first-order valence-electron chi connectivity index (χ1n) is 4.02. The molecular formula is C10H10O. The van der Waals surface area contributed by atoms with Gasteiger partial charge in [-0.1, -0.05) is 36.5 Å². The maximum atomic E-state index is 5.50. The molecule has 2 unspecified atom stereocenters. The standard InChI is InChI=1S/C10H10O/c1-2-4-10-6-5-9(10,3-1)7-11-8-10/h1-6H,7-8H2. The van der Waals surface area contributed by atoms with Crippen molar-refractivity contribution in [1.29, 1.82) is 0 Å². The summed E-state index contributed by atoms with van der Waals surface area (Å²) >= 11 is 0. The molecule has 0 aromatic rings. The lowest BCUT2D eigenvalue weighted by molar-refractivity contribution is 0.178. The lowest BCUT2D eigenvalue weighted by Crippen LogP contribution is -2.42. The molecule has 11 heavy (non-hydrogen) atoms. The van der Waals surface area contributed by atoms with E-state index in [2.05, 4.69) is 36.5 Å². The van der Waals surface area contributed by atoms with Gasteiger partial charge in [-0.2, -0.15) is 0 Å². The zero-order valence-corrected chi connectivity index (χ0v) is 6.29. The molecule has 1 aliphatic heterocycles. The SMILES string of the molecule is C1=CC23C=CC2(C=C1)COC3. The first-order valence-corrected chi connectivity index (χ1v) is 4.02. The lowest BCUT2D eigenvalue weighted by atomic mass is 9.56. The summed E-state index contributed by atoms with van der Waals surface area (Å²) in [5, 5.41) is 0. The van der Waals surface area contributed by atoms with Crippen LogP contribution in [0.15, 0.2) is 36.5 Å². The van der Waals surface area contributed by atoms with Crippen molar-refractivity contribution in [3.8, 4) is 0 Å². The highest BCUT2D eigenvalue weighted by molar-refractivity contribution is 5.44. The largest absolute Gasteiger partial charge is 0.379 e. The van der Waals surface area contributed by atoms with Crippen LogP contribution in [-0.4, -0.2) is 13.2 Å². The first-order chi connectivity index (χ1) is 5.37. The molecule has 0 spiro atoms. The summed E-state index contributed by atoms with van der Waals surface area (Å²) < 4.78 is 5.50. The van der Waals surface area contributed by atoms with Crippen LogP contribution in [0.2, 0.25) is 0 Å². The Morgan fingerprint density at radius 1 is 0.818 bits per heavy atom. The van der Waals surface area contributed by atoms with Crippen LogP contribution < -0.4 is 0 Å². The fourth-order valence-corrected chi connectivity index (χ4v) is 2.24. The van der Waals surface area contributed by atoms with Gasteiger partial charge in [-0.3, -0.25) is 0 Å². The molecule has 1 fully saturated rings. The maximum absolute atomic E-state index is 5.50. The van der Waals surface area contributed by atoms with Gasteiger partial charge in [-0.25, -0.2) is 0 Å². The Balaban J connectivity index is 2.20. The van der Waals surface area contributed by atoms with Gasteiger partial charge in [0.2, 0.25) is 0 Å². The average Bonchev–Trinajstić information content (AvgIpc) is 2.29. The molecule has 0 aromatic carbocycles. The van der Waals surface area contributed by atoms with Gasteiger partial charge in [0.25, 0.3) is 0 Å². The van der Waals surface area contributed by atoms with Gasteiger partial charge >= 0.3 is 0 Å². The van der Waals surface area contributed by atoms with Crippen LogP contribution >= 0.6 is 0 Å². The third-order valence-corrected chi connectivity index (χ3v) is 3.12. The van der Waals surface area contributed by atoms with Crippen molar-refractivity contribution in [1.82, 2.24) is 0 Å². The molecule has 0 N–H and O–H groups in total. The Labute approximate surface area is 66.1 Å². The second-order valence-corrected chi connectivity index (χ2v) is 3.63. The van der Waals surface area contributed by atoms with Crippen LogP contribution in [0.3, 0.4) is 0 Å². The van der Waals surface area contributed by atoms with E-state index >= 15 is 0 Å². The van der Waals surface area contributed by atoms with Gasteiger partial charge in [0, 0.05) is 10.8 Å². The fraction of sp³-hybridized carbons (Fsp3) is 0.400. The van der Waals surface area contributed by atoms with E-state index < -0.39 is 0 Å². The molecule has 0 radical (unpaired) electrons. The van der Waals surface area contributed by atoms with Crippen LogP contribution in [0.25, 0.3) is 0 Å². The normalized spacial score (nSPS) is 50.2. The molecule has 1 heterocycles. The van der Waals surface area contributed by atoms with Crippen molar-refractivity contribution < 1.29 is 4.74 Å². The number of ether oxygens (including phenoxy) is 1. The third-order valence-electron chi connectivity index (χ3n) is 3.12. The summed E-state index contributed by atoms with van der Waals surface area (Å²) in [5.74, 6) is 0. The predicted molar refractivity (Wildman–Crippen MR) is 43.1 cm³/mol. The fourth-order valence-electron chi connectivity index (χ4n) is 2.24. The summed E-state index contributed by atoms with van der Waals surface area (Å²) in [4.78, 5) is 0. The molecule has 0 bridgehead atoms. The topological polar surface area (TPSA) is 9.23 Å².